The minimum atomic E-state index is -0.381. The molecule has 102 valence electrons. The van der Waals surface area contributed by atoms with E-state index in [4.69, 9.17) is 21.1 Å². The molecule has 1 aromatic carbocycles. The summed E-state index contributed by atoms with van der Waals surface area (Å²) in [5, 5.41) is 3.34. The summed E-state index contributed by atoms with van der Waals surface area (Å²) in [4.78, 5) is 5.09. The first kappa shape index (κ1) is 14.3. The first-order valence-electron chi connectivity index (χ1n) is 5.73. The molecule has 2 rings (SSSR count). The highest BCUT2D eigenvalue weighted by Crippen LogP contribution is 2.27. The second-order valence-corrected chi connectivity index (χ2v) is 5.52. The fraction of sp³-hybridized carbons (Fsp3) is 0.308. The zero-order chi connectivity index (χ0) is 13.7. The van der Waals surface area contributed by atoms with E-state index in [-0.39, 0.29) is 6.29 Å². The van der Waals surface area contributed by atoms with Gasteiger partial charge < -0.3 is 14.8 Å². The van der Waals surface area contributed by atoms with Crippen molar-refractivity contribution in [3.8, 4) is 0 Å². The molecular formula is C13H15ClN2O2S. The first-order chi connectivity index (χ1) is 9.24. The number of hydrogen-bond acceptors (Lipinski definition) is 5. The third-order valence-corrected chi connectivity index (χ3v) is 3.74. The molecular weight excluding hydrogens is 284 g/mol. The minimum Gasteiger partial charge on any atom is -0.380 e. The van der Waals surface area contributed by atoms with Gasteiger partial charge in [-0.05, 0) is 6.07 Å². The number of ether oxygens (including phenoxy) is 2. The zero-order valence-electron chi connectivity index (χ0n) is 10.7. The van der Waals surface area contributed by atoms with Crippen LogP contribution < -0.4 is 5.32 Å². The number of nitrogens with zero attached hydrogens (tertiary/aromatic N) is 1. The molecule has 0 aliphatic rings. The van der Waals surface area contributed by atoms with Gasteiger partial charge >= 0.3 is 0 Å². The van der Waals surface area contributed by atoms with Gasteiger partial charge in [0, 0.05) is 36.5 Å². The highest BCUT2D eigenvalue weighted by Gasteiger charge is 2.13. The van der Waals surface area contributed by atoms with Crippen LogP contribution >= 0.6 is 22.9 Å². The predicted octanol–water partition coefficient (Wildman–Crippen LogP) is 3.70. The summed E-state index contributed by atoms with van der Waals surface area (Å²) in [6.45, 7) is 0.668. The Kier molecular flexibility index (Phi) is 5.15. The number of thiazole rings is 1. The highest BCUT2D eigenvalue weighted by molar-refractivity contribution is 7.15. The van der Waals surface area contributed by atoms with Crippen molar-refractivity contribution in [1.82, 2.24) is 4.98 Å². The summed E-state index contributed by atoms with van der Waals surface area (Å²) in [5.74, 6) is 0. The van der Waals surface area contributed by atoms with Crippen molar-refractivity contribution in [2.24, 2.45) is 0 Å². The molecule has 0 fully saturated rings. The SMILES string of the molecule is COC(OC)c1ccccc1NCc1cnc(Cl)s1. The Morgan fingerprint density at radius 2 is 2.05 bits per heavy atom. The lowest BCUT2D eigenvalue weighted by atomic mass is 10.1. The molecule has 1 aromatic heterocycles. The number of benzene rings is 1. The number of nitrogens with one attached hydrogen (secondary N) is 1. The van der Waals surface area contributed by atoms with Crippen LogP contribution in [0.4, 0.5) is 5.69 Å². The molecule has 0 spiro atoms. The van der Waals surface area contributed by atoms with Gasteiger partial charge in [-0.3, -0.25) is 0 Å². The highest BCUT2D eigenvalue weighted by atomic mass is 35.5. The van der Waals surface area contributed by atoms with E-state index in [1.54, 1.807) is 20.4 Å². The second-order valence-electron chi connectivity index (χ2n) is 3.82. The van der Waals surface area contributed by atoms with E-state index in [1.165, 1.54) is 11.3 Å². The van der Waals surface area contributed by atoms with Gasteiger partial charge in [-0.1, -0.05) is 29.8 Å². The number of anilines is 1. The Labute approximate surface area is 121 Å². The molecule has 0 radical (unpaired) electrons. The Hall–Kier alpha value is -1.14. The molecule has 1 N–H and O–H groups in total. The van der Waals surface area contributed by atoms with E-state index in [1.807, 2.05) is 24.3 Å². The molecule has 6 heteroatoms. The number of aromatic nitrogens is 1. The molecule has 0 saturated heterocycles. The zero-order valence-corrected chi connectivity index (χ0v) is 12.3. The molecule has 0 amide bonds. The molecule has 0 bridgehead atoms. The van der Waals surface area contributed by atoms with Crippen LogP contribution in [0.5, 0.6) is 0 Å². The Bertz CT molecular complexity index is 529. The quantitative estimate of drug-likeness (QED) is 0.826. The normalized spacial score (nSPS) is 10.9. The van der Waals surface area contributed by atoms with E-state index in [0.717, 1.165) is 16.1 Å². The topological polar surface area (TPSA) is 43.4 Å². The Balaban J connectivity index is 2.11. The molecule has 0 aliphatic heterocycles. The van der Waals surface area contributed by atoms with E-state index >= 15 is 0 Å². The van der Waals surface area contributed by atoms with Gasteiger partial charge in [-0.25, -0.2) is 4.98 Å². The van der Waals surface area contributed by atoms with Crippen molar-refractivity contribution >= 4 is 28.6 Å². The summed E-state index contributed by atoms with van der Waals surface area (Å²) < 4.78 is 11.1. The van der Waals surface area contributed by atoms with Crippen LogP contribution in [0.1, 0.15) is 16.7 Å². The molecule has 0 atom stereocenters. The standard InChI is InChI=1S/C13H15ClN2O2S/c1-17-12(18-2)10-5-3-4-6-11(10)15-7-9-8-16-13(14)19-9/h3-6,8,12,15H,7H2,1-2H3. The number of para-hydroxylation sites is 1. The molecule has 1 heterocycles. The minimum absolute atomic E-state index is 0.381. The van der Waals surface area contributed by atoms with Gasteiger partial charge in [0.2, 0.25) is 0 Å². The lowest BCUT2D eigenvalue weighted by Crippen LogP contribution is -2.08. The molecule has 0 saturated carbocycles. The van der Waals surface area contributed by atoms with Crippen molar-refractivity contribution in [3.05, 3.63) is 45.4 Å². The fourth-order valence-corrected chi connectivity index (χ4v) is 2.68. The van der Waals surface area contributed by atoms with Crippen molar-refractivity contribution in [2.45, 2.75) is 12.8 Å². The molecule has 2 aromatic rings. The number of hydrogen-bond donors (Lipinski definition) is 1. The van der Waals surface area contributed by atoms with Crippen molar-refractivity contribution < 1.29 is 9.47 Å². The van der Waals surface area contributed by atoms with Crippen LogP contribution in [0.2, 0.25) is 4.47 Å². The van der Waals surface area contributed by atoms with E-state index in [2.05, 4.69) is 10.3 Å². The first-order valence-corrected chi connectivity index (χ1v) is 6.92. The second kappa shape index (κ2) is 6.86. The lowest BCUT2D eigenvalue weighted by Gasteiger charge is -2.18. The number of halogens is 1. The van der Waals surface area contributed by atoms with Crippen molar-refractivity contribution in [2.75, 3.05) is 19.5 Å². The van der Waals surface area contributed by atoms with Crippen LogP contribution in [-0.4, -0.2) is 19.2 Å². The van der Waals surface area contributed by atoms with Gasteiger partial charge in [0.15, 0.2) is 10.8 Å². The molecule has 19 heavy (non-hydrogen) atoms. The summed E-state index contributed by atoms with van der Waals surface area (Å²) in [6.07, 6.45) is 1.39. The Morgan fingerprint density at radius 3 is 2.68 bits per heavy atom. The Morgan fingerprint density at radius 1 is 1.32 bits per heavy atom. The van der Waals surface area contributed by atoms with Gasteiger partial charge in [0.05, 0.1) is 6.54 Å². The monoisotopic (exact) mass is 298 g/mol. The van der Waals surface area contributed by atoms with Gasteiger partial charge in [0.1, 0.15) is 0 Å². The van der Waals surface area contributed by atoms with Gasteiger partial charge in [-0.15, -0.1) is 11.3 Å². The third kappa shape index (κ3) is 3.67. The van der Waals surface area contributed by atoms with Crippen molar-refractivity contribution in [1.29, 1.82) is 0 Å². The molecule has 4 nitrogen and oxygen atoms in total. The number of methoxy groups -OCH3 is 2. The fourth-order valence-electron chi connectivity index (χ4n) is 1.76. The molecule has 0 unspecified atom stereocenters. The van der Waals surface area contributed by atoms with Crippen LogP contribution in [0.15, 0.2) is 30.5 Å². The van der Waals surface area contributed by atoms with Crippen molar-refractivity contribution in [3.63, 3.8) is 0 Å². The summed E-state index contributed by atoms with van der Waals surface area (Å²) in [5.41, 5.74) is 1.93. The van der Waals surface area contributed by atoms with E-state index in [9.17, 15) is 0 Å². The average molecular weight is 299 g/mol. The largest absolute Gasteiger partial charge is 0.380 e. The maximum absolute atomic E-state index is 5.81. The summed E-state index contributed by atoms with van der Waals surface area (Å²) in [7, 11) is 3.24. The van der Waals surface area contributed by atoms with Crippen LogP contribution in [0.25, 0.3) is 0 Å². The maximum atomic E-state index is 5.81. The number of rotatable bonds is 6. The van der Waals surface area contributed by atoms with E-state index < -0.39 is 0 Å². The van der Waals surface area contributed by atoms with Gasteiger partial charge in [0.25, 0.3) is 0 Å². The summed E-state index contributed by atoms with van der Waals surface area (Å²) >= 11 is 7.27. The van der Waals surface area contributed by atoms with Crippen LogP contribution in [-0.2, 0) is 16.0 Å². The smallest absolute Gasteiger partial charge is 0.185 e. The lowest BCUT2D eigenvalue weighted by molar-refractivity contribution is -0.105. The van der Waals surface area contributed by atoms with Gasteiger partial charge in [-0.2, -0.15) is 0 Å². The van der Waals surface area contributed by atoms with Crippen LogP contribution in [0, 0.1) is 0 Å². The van der Waals surface area contributed by atoms with E-state index in [0.29, 0.717) is 11.0 Å². The third-order valence-electron chi connectivity index (χ3n) is 2.62. The maximum Gasteiger partial charge on any atom is 0.185 e. The average Bonchev–Trinajstić information content (AvgIpc) is 2.85. The summed E-state index contributed by atoms with van der Waals surface area (Å²) in [6, 6.07) is 7.88. The molecule has 0 aliphatic carbocycles. The van der Waals surface area contributed by atoms with Crippen LogP contribution in [0.3, 0.4) is 0 Å². The predicted molar refractivity (Wildman–Crippen MR) is 77.7 cm³/mol.